The Hall–Kier alpha value is -3.59. The van der Waals surface area contributed by atoms with Crippen molar-refractivity contribution in [3.63, 3.8) is 0 Å². The molecule has 1 aromatic carbocycles. The molecule has 0 aliphatic rings. The summed E-state index contributed by atoms with van der Waals surface area (Å²) in [5, 5.41) is 9.48. The van der Waals surface area contributed by atoms with Gasteiger partial charge in [0.15, 0.2) is 0 Å². The number of nitrogens with zero attached hydrogens (tertiary/aromatic N) is 5. The average molecular weight is 435 g/mol. The fourth-order valence-electron chi connectivity index (χ4n) is 2.77. The molecule has 0 spiro atoms. The molecule has 0 unspecified atom stereocenters. The SMILES string of the molecule is CC(C)(C)c1cc(NC(=O)c2cccc(OCc3cscn3)c2)n(-c2ncccn2)n1. The fraction of sp³-hybridized carbons (Fsp3) is 0.227. The van der Waals surface area contributed by atoms with Crippen LogP contribution in [0.5, 0.6) is 5.75 Å². The number of hydrogen-bond donors (Lipinski definition) is 1. The predicted octanol–water partition coefficient (Wildman–Crippen LogP) is 4.25. The molecule has 0 bridgehead atoms. The normalized spacial score (nSPS) is 11.3. The lowest BCUT2D eigenvalue weighted by atomic mass is 9.92. The van der Waals surface area contributed by atoms with Gasteiger partial charge in [-0.25, -0.2) is 15.0 Å². The third-order valence-corrected chi connectivity index (χ3v) is 5.06. The summed E-state index contributed by atoms with van der Waals surface area (Å²) in [7, 11) is 0. The first-order valence-corrected chi connectivity index (χ1v) is 10.6. The molecule has 1 amide bonds. The molecule has 0 saturated carbocycles. The molecule has 1 N–H and O–H groups in total. The molecule has 0 radical (unpaired) electrons. The first kappa shape index (κ1) is 20.7. The number of benzene rings is 1. The van der Waals surface area contributed by atoms with Crippen LogP contribution in [0.15, 0.2) is 59.7 Å². The number of anilines is 1. The van der Waals surface area contributed by atoms with E-state index in [0.29, 0.717) is 29.7 Å². The Balaban J connectivity index is 1.57. The van der Waals surface area contributed by atoms with E-state index in [9.17, 15) is 4.79 Å². The Morgan fingerprint density at radius 2 is 1.94 bits per heavy atom. The summed E-state index contributed by atoms with van der Waals surface area (Å²) in [6, 6.07) is 10.6. The molecule has 158 valence electrons. The third-order valence-electron chi connectivity index (χ3n) is 4.43. The van der Waals surface area contributed by atoms with Gasteiger partial charge in [-0.3, -0.25) is 4.79 Å². The van der Waals surface area contributed by atoms with Gasteiger partial charge in [0.05, 0.1) is 16.9 Å². The molecule has 4 rings (SSSR count). The van der Waals surface area contributed by atoms with Crippen LogP contribution in [0.1, 0.15) is 42.5 Å². The highest BCUT2D eigenvalue weighted by Crippen LogP contribution is 2.26. The van der Waals surface area contributed by atoms with Gasteiger partial charge in [-0.2, -0.15) is 9.78 Å². The highest BCUT2D eigenvalue weighted by molar-refractivity contribution is 7.07. The van der Waals surface area contributed by atoms with Crippen LogP contribution in [0, 0.1) is 0 Å². The summed E-state index contributed by atoms with van der Waals surface area (Å²) >= 11 is 1.51. The Morgan fingerprint density at radius 3 is 2.65 bits per heavy atom. The van der Waals surface area contributed by atoms with Crippen molar-refractivity contribution >= 4 is 23.1 Å². The van der Waals surface area contributed by atoms with Crippen LogP contribution in [-0.2, 0) is 12.0 Å². The van der Waals surface area contributed by atoms with Gasteiger partial charge >= 0.3 is 0 Å². The van der Waals surface area contributed by atoms with Crippen molar-refractivity contribution < 1.29 is 9.53 Å². The molecule has 0 aliphatic carbocycles. The van der Waals surface area contributed by atoms with Gasteiger partial charge in [-0.15, -0.1) is 11.3 Å². The average Bonchev–Trinajstić information content (AvgIpc) is 3.43. The monoisotopic (exact) mass is 434 g/mol. The van der Waals surface area contributed by atoms with Crippen molar-refractivity contribution in [2.45, 2.75) is 32.8 Å². The number of hydrogen-bond acceptors (Lipinski definition) is 7. The smallest absolute Gasteiger partial charge is 0.256 e. The quantitative estimate of drug-likeness (QED) is 0.488. The first-order valence-electron chi connectivity index (χ1n) is 9.69. The van der Waals surface area contributed by atoms with Crippen molar-refractivity contribution in [3.05, 3.63) is 76.6 Å². The zero-order chi connectivity index (χ0) is 21.8. The number of thiazole rings is 1. The van der Waals surface area contributed by atoms with E-state index in [-0.39, 0.29) is 11.3 Å². The van der Waals surface area contributed by atoms with Gasteiger partial charge in [0.1, 0.15) is 18.2 Å². The van der Waals surface area contributed by atoms with E-state index in [0.717, 1.165) is 11.4 Å². The van der Waals surface area contributed by atoms with Gasteiger partial charge in [-0.1, -0.05) is 26.8 Å². The van der Waals surface area contributed by atoms with E-state index in [2.05, 4.69) is 46.1 Å². The van der Waals surface area contributed by atoms with Crippen LogP contribution in [0.4, 0.5) is 5.82 Å². The lowest BCUT2D eigenvalue weighted by Crippen LogP contribution is -2.16. The second-order valence-corrected chi connectivity index (χ2v) is 8.59. The molecule has 4 aromatic rings. The fourth-order valence-corrected chi connectivity index (χ4v) is 3.31. The molecular weight excluding hydrogens is 412 g/mol. The minimum absolute atomic E-state index is 0.205. The first-order chi connectivity index (χ1) is 14.9. The van der Waals surface area contributed by atoms with Crippen LogP contribution in [0.25, 0.3) is 5.95 Å². The number of ether oxygens (including phenoxy) is 1. The Labute approximate surface area is 184 Å². The van der Waals surface area contributed by atoms with Crippen LogP contribution in [0.3, 0.4) is 0 Å². The van der Waals surface area contributed by atoms with Gasteiger partial charge in [-0.05, 0) is 24.3 Å². The zero-order valence-corrected chi connectivity index (χ0v) is 18.3. The van der Waals surface area contributed by atoms with Gasteiger partial charge in [0.25, 0.3) is 11.9 Å². The molecule has 0 atom stereocenters. The Bertz CT molecular complexity index is 1170. The molecule has 31 heavy (non-hydrogen) atoms. The minimum atomic E-state index is -0.281. The largest absolute Gasteiger partial charge is 0.487 e. The number of amides is 1. The van der Waals surface area contributed by atoms with Crippen molar-refractivity contribution in [3.8, 4) is 11.7 Å². The predicted molar refractivity (Wildman–Crippen MR) is 119 cm³/mol. The van der Waals surface area contributed by atoms with Crippen LogP contribution in [-0.4, -0.2) is 30.6 Å². The van der Waals surface area contributed by atoms with Crippen molar-refractivity contribution in [2.24, 2.45) is 0 Å². The molecule has 8 nitrogen and oxygen atoms in total. The van der Waals surface area contributed by atoms with E-state index in [1.54, 1.807) is 46.9 Å². The van der Waals surface area contributed by atoms with E-state index in [4.69, 9.17) is 4.74 Å². The van der Waals surface area contributed by atoms with E-state index in [1.807, 2.05) is 17.5 Å². The van der Waals surface area contributed by atoms with E-state index >= 15 is 0 Å². The number of rotatable bonds is 6. The topological polar surface area (TPSA) is 94.8 Å². The van der Waals surface area contributed by atoms with E-state index < -0.39 is 0 Å². The van der Waals surface area contributed by atoms with Crippen molar-refractivity contribution in [1.82, 2.24) is 24.7 Å². The maximum absolute atomic E-state index is 13.0. The van der Waals surface area contributed by atoms with Gasteiger partial charge in [0.2, 0.25) is 0 Å². The lowest BCUT2D eigenvalue weighted by Gasteiger charge is -2.13. The molecule has 0 saturated heterocycles. The molecule has 0 fully saturated rings. The Morgan fingerprint density at radius 1 is 1.13 bits per heavy atom. The molecular formula is C22H22N6O2S. The summed E-state index contributed by atoms with van der Waals surface area (Å²) < 4.78 is 7.30. The van der Waals surface area contributed by atoms with Crippen LogP contribution < -0.4 is 10.1 Å². The summed E-state index contributed by atoms with van der Waals surface area (Å²) in [5.41, 5.74) is 3.68. The summed E-state index contributed by atoms with van der Waals surface area (Å²) in [6.07, 6.45) is 3.27. The maximum atomic E-state index is 13.0. The van der Waals surface area contributed by atoms with Gasteiger partial charge in [0, 0.05) is 34.8 Å². The highest BCUT2D eigenvalue weighted by atomic mass is 32.1. The molecule has 3 heterocycles. The number of carbonyl (C=O) groups excluding carboxylic acids is 1. The maximum Gasteiger partial charge on any atom is 0.256 e. The van der Waals surface area contributed by atoms with Crippen LogP contribution in [0.2, 0.25) is 0 Å². The second kappa shape index (κ2) is 8.65. The summed E-state index contributed by atoms with van der Waals surface area (Å²) in [4.78, 5) is 25.7. The third kappa shape index (κ3) is 4.95. The van der Waals surface area contributed by atoms with Crippen LogP contribution >= 0.6 is 11.3 Å². The number of nitrogens with one attached hydrogen (secondary N) is 1. The minimum Gasteiger partial charge on any atom is -0.487 e. The van der Waals surface area contributed by atoms with Gasteiger partial charge < -0.3 is 10.1 Å². The van der Waals surface area contributed by atoms with Crippen molar-refractivity contribution in [2.75, 3.05) is 5.32 Å². The molecule has 9 heteroatoms. The summed E-state index contributed by atoms with van der Waals surface area (Å²) in [5.74, 6) is 1.19. The van der Waals surface area contributed by atoms with E-state index in [1.165, 1.54) is 11.3 Å². The lowest BCUT2D eigenvalue weighted by molar-refractivity contribution is 0.102. The van der Waals surface area contributed by atoms with Crippen molar-refractivity contribution in [1.29, 1.82) is 0 Å². The number of aromatic nitrogens is 5. The Kier molecular flexibility index (Phi) is 5.77. The summed E-state index contributed by atoms with van der Waals surface area (Å²) in [6.45, 7) is 6.52. The molecule has 3 aromatic heterocycles. The zero-order valence-electron chi connectivity index (χ0n) is 17.4. The standard InChI is InChI=1S/C22H22N6O2S/c1-22(2,3)18-11-19(28(27-18)21-23-8-5-9-24-21)26-20(29)15-6-4-7-17(10-15)30-12-16-13-31-14-25-16/h4-11,13-14H,12H2,1-3H3,(H,26,29). The second-order valence-electron chi connectivity index (χ2n) is 7.88. The highest BCUT2D eigenvalue weighted by Gasteiger charge is 2.22. The molecule has 0 aliphatic heterocycles. The number of carbonyl (C=O) groups is 1.